The Morgan fingerprint density at radius 3 is 2.63 bits per heavy atom. The number of aliphatic imine (C=N–C) groups is 1. The molecule has 2 rings (SSSR count). The molecule has 1 unspecified atom stereocenters. The lowest BCUT2D eigenvalue weighted by Crippen LogP contribution is -2.43. The first kappa shape index (κ1) is 20.4. The summed E-state index contributed by atoms with van der Waals surface area (Å²) in [4.78, 5) is 20.4. The number of guanidine groups is 1. The lowest BCUT2D eigenvalue weighted by Gasteiger charge is -2.18. The Morgan fingerprint density at radius 1 is 1.19 bits per heavy atom. The van der Waals surface area contributed by atoms with Crippen LogP contribution in [0.15, 0.2) is 53.7 Å². The molecule has 0 fully saturated rings. The van der Waals surface area contributed by atoms with Gasteiger partial charge in [-0.15, -0.1) is 0 Å². The first-order valence-corrected chi connectivity index (χ1v) is 9.30. The lowest BCUT2D eigenvalue weighted by molar-refractivity contribution is -0.116. The topological polar surface area (TPSA) is 78.4 Å². The van der Waals surface area contributed by atoms with Gasteiger partial charge in [0.2, 0.25) is 5.91 Å². The van der Waals surface area contributed by atoms with Crippen molar-refractivity contribution >= 4 is 17.7 Å². The number of benzene rings is 1. The van der Waals surface area contributed by atoms with Crippen LogP contribution in [0.25, 0.3) is 0 Å². The van der Waals surface area contributed by atoms with Gasteiger partial charge < -0.3 is 16.0 Å². The molecule has 0 saturated heterocycles. The monoisotopic (exact) mass is 367 g/mol. The summed E-state index contributed by atoms with van der Waals surface area (Å²) in [6.07, 6.45) is 4.09. The highest BCUT2D eigenvalue weighted by Gasteiger charge is 2.07. The average Bonchev–Trinajstić information content (AvgIpc) is 2.68. The van der Waals surface area contributed by atoms with Gasteiger partial charge in [-0.05, 0) is 43.9 Å². The molecule has 0 aliphatic rings. The number of hydrogen-bond acceptors (Lipinski definition) is 3. The minimum Gasteiger partial charge on any atom is -0.356 e. The molecule has 0 saturated carbocycles. The molecular weight excluding hydrogens is 338 g/mol. The minimum absolute atomic E-state index is 0.0774. The molecule has 2 aromatic rings. The number of carbonyl (C=O) groups is 1. The predicted molar refractivity (Wildman–Crippen MR) is 111 cm³/mol. The van der Waals surface area contributed by atoms with Crippen LogP contribution in [0.1, 0.15) is 30.9 Å². The maximum absolute atomic E-state index is 12.0. The average molecular weight is 367 g/mol. The third-order valence-electron chi connectivity index (χ3n) is 4.14. The van der Waals surface area contributed by atoms with Gasteiger partial charge in [0.25, 0.3) is 0 Å². The fraction of sp³-hybridized carbons (Fsp3) is 0.381. The van der Waals surface area contributed by atoms with Crippen molar-refractivity contribution in [3.63, 3.8) is 0 Å². The number of amides is 1. The summed E-state index contributed by atoms with van der Waals surface area (Å²) < 4.78 is 0. The van der Waals surface area contributed by atoms with Gasteiger partial charge in [0.05, 0.1) is 0 Å². The first-order valence-electron chi connectivity index (χ1n) is 9.30. The van der Waals surface area contributed by atoms with Crippen molar-refractivity contribution in [3.05, 3.63) is 59.8 Å². The Hall–Kier alpha value is -2.89. The van der Waals surface area contributed by atoms with Crippen LogP contribution in [0.4, 0.5) is 5.82 Å². The molecule has 144 valence electrons. The summed E-state index contributed by atoms with van der Waals surface area (Å²) in [5, 5.41) is 9.33. The van der Waals surface area contributed by atoms with Crippen LogP contribution in [-0.4, -0.2) is 36.5 Å². The largest absolute Gasteiger partial charge is 0.356 e. The molecule has 0 aliphatic carbocycles. The highest BCUT2D eigenvalue weighted by molar-refractivity contribution is 5.90. The van der Waals surface area contributed by atoms with Gasteiger partial charge in [-0.1, -0.05) is 36.4 Å². The smallest absolute Gasteiger partial charge is 0.227 e. The van der Waals surface area contributed by atoms with Crippen LogP contribution in [0.2, 0.25) is 0 Å². The molecule has 3 N–H and O–H groups in total. The van der Waals surface area contributed by atoms with E-state index in [0.29, 0.717) is 24.7 Å². The van der Waals surface area contributed by atoms with E-state index in [0.717, 1.165) is 18.4 Å². The zero-order valence-corrected chi connectivity index (χ0v) is 16.3. The second-order valence-electron chi connectivity index (χ2n) is 6.59. The molecule has 0 spiro atoms. The van der Waals surface area contributed by atoms with Crippen molar-refractivity contribution in [1.82, 2.24) is 15.6 Å². The molecule has 27 heavy (non-hydrogen) atoms. The Bertz CT molecular complexity index is 728. The van der Waals surface area contributed by atoms with Gasteiger partial charge in [-0.25, -0.2) is 4.98 Å². The van der Waals surface area contributed by atoms with Crippen molar-refractivity contribution < 1.29 is 4.79 Å². The number of nitrogens with zero attached hydrogens (tertiary/aromatic N) is 2. The number of nitrogens with one attached hydrogen (secondary N) is 3. The minimum atomic E-state index is -0.0774. The maximum Gasteiger partial charge on any atom is 0.227 e. The van der Waals surface area contributed by atoms with Gasteiger partial charge in [0, 0.05) is 32.3 Å². The molecule has 0 bridgehead atoms. The highest BCUT2D eigenvalue weighted by atomic mass is 16.1. The maximum atomic E-state index is 12.0. The number of aromatic nitrogens is 1. The molecule has 1 amide bonds. The molecule has 1 aromatic heterocycles. The summed E-state index contributed by atoms with van der Waals surface area (Å²) in [5.41, 5.74) is 2.39. The quantitative estimate of drug-likeness (QED) is 0.495. The summed E-state index contributed by atoms with van der Waals surface area (Å²) in [6, 6.07) is 14.4. The highest BCUT2D eigenvalue weighted by Crippen LogP contribution is 2.05. The fourth-order valence-corrected chi connectivity index (χ4v) is 2.57. The van der Waals surface area contributed by atoms with Gasteiger partial charge in [0.15, 0.2) is 5.96 Å². The van der Waals surface area contributed by atoms with E-state index in [1.807, 2.05) is 19.1 Å². The van der Waals surface area contributed by atoms with E-state index in [1.54, 1.807) is 19.3 Å². The zero-order chi connectivity index (χ0) is 19.5. The van der Waals surface area contributed by atoms with Crippen LogP contribution in [0.3, 0.4) is 0 Å². The van der Waals surface area contributed by atoms with Gasteiger partial charge in [0.1, 0.15) is 5.82 Å². The van der Waals surface area contributed by atoms with E-state index in [2.05, 4.69) is 57.1 Å². The van der Waals surface area contributed by atoms with Gasteiger partial charge in [-0.2, -0.15) is 0 Å². The zero-order valence-electron chi connectivity index (χ0n) is 16.3. The second-order valence-corrected chi connectivity index (χ2v) is 6.59. The number of pyridine rings is 1. The molecular formula is C21H29N5O. The van der Waals surface area contributed by atoms with Crippen molar-refractivity contribution in [1.29, 1.82) is 0 Å². The van der Waals surface area contributed by atoms with Gasteiger partial charge in [-0.3, -0.25) is 9.79 Å². The third kappa shape index (κ3) is 7.90. The fourth-order valence-electron chi connectivity index (χ4n) is 2.57. The Morgan fingerprint density at radius 2 is 1.96 bits per heavy atom. The standard InChI is InChI=1S/C21H29N5O/c1-16-9-12-19(24-15-16)26-20(27)13-14-23-21(22-3)25-17(2)10-11-18-7-5-4-6-8-18/h4-9,12,15,17H,10-11,13-14H2,1-3H3,(H2,22,23,25)(H,24,26,27). The summed E-state index contributed by atoms with van der Waals surface area (Å²) in [5.74, 6) is 1.20. The number of carbonyl (C=O) groups excluding carboxylic acids is 1. The lowest BCUT2D eigenvalue weighted by atomic mass is 10.1. The molecule has 1 aromatic carbocycles. The van der Waals surface area contributed by atoms with Crippen molar-refractivity contribution in [2.24, 2.45) is 4.99 Å². The van der Waals surface area contributed by atoms with Crippen LogP contribution in [0.5, 0.6) is 0 Å². The number of rotatable bonds is 8. The molecule has 6 nitrogen and oxygen atoms in total. The first-order chi connectivity index (χ1) is 13.1. The molecule has 1 atom stereocenters. The van der Waals surface area contributed by atoms with E-state index >= 15 is 0 Å². The summed E-state index contributed by atoms with van der Waals surface area (Å²) >= 11 is 0. The van der Waals surface area contributed by atoms with Crippen molar-refractivity contribution in [2.45, 2.75) is 39.2 Å². The van der Waals surface area contributed by atoms with Crippen molar-refractivity contribution in [2.75, 3.05) is 18.9 Å². The van der Waals surface area contributed by atoms with E-state index in [9.17, 15) is 4.79 Å². The van der Waals surface area contributed by atoms with E-state index < -0.39 is 0 Å². The Labute approximate surface area is 161 Å². The van der Waals surface area contributed by atoms with Crippen LogP contribution >= 0.6 is 0 Å². The summed E-state index contributed by atoms with van der Waals surface area (Å²) in [6.45, 7) is 4.59. The molecule has 6 heteroatoms. The van der Waals surface area contributed by atoms with E-state index in [4.69, 9.17) is 0 Å². The van der Waals surface area contributed by atoms with E-state index in [-0.39, 0.29) is 11.9 Å². The second kappa shape index (κ2) is 11.0. The van der Waals surface area contributed by atoms with Crippen LogP contribution in [0, 0.1) is 6.92 Å². The van der Waals surface area contributed by atoms with E-state index in [1.165, 1.54) is 5.56 Å². The summed E-state index contributed by atoms with van der Waals surface area (Å²) in [7, 11) is 1.73. The molecule has 0 aliphatic heterocycles. The van der Waals surface area contributed by atoms with Crippen LogP contribution < -0.4 is 16.0 Å². The Balaban J connectivity index is 1.67. The SMILES string of the molecule is CN=C(NCCC(=O)Nc1ccc(C)cn1)NC(C)CCc1ccccc1. The van der Waals surface area contributed by atoms with Crippen LogP contribution in [-0.2, 0) is 11.2 Å². The van der Waals surface area contributed by atoms with Crippen molar-refractivity contribution in [3.8, 4) is 0 Å². The van der Waals surface area contributed by atoms with Gasteiger partial charge >= 0.3 is 0 Å². The third-order valence-corrected chi connectivity index (χ3v) is 4.14. The molecule has 0 radical (unpaired) electrons. The normalized spacial score (nSPS) is 12.3. The number of hydrogen-bond donors (Lipinski definition) is 3. The number of anilines is 1. The predicted octanol–water partition coefficient (Wildman–Crippen LogP) is 2.90. The molecule has 1 heterocycles. The number of aryl methyl sites for hydroxylation is 2. The Kier molecular flexibility index (Phi) is 8.29.